The van der Waals surface area contributed by atoms with Gasteiger partial charge in [0.2, 0.25) is 11.9 Å². The van der Waals surface area contributed by atoms with Gasteiger partial charge in [-0.15, -0.1) is 12.3 Å². The van der Waals surface area contributed by atoms with Crippen molar-refractivity contribution in [3.05, 3.63) is 12.7 Å². The highest BCUT2D eigenvalue weighted by molar-refractivity contribution is 5.94. The third kappa shape index (κ3) is 1.42. The lowest BCUT2D eigenvalue weighted by Crippen LogP contribution is -2.26. The van der Waals surface area contributed by atoms with Crippen LogP contribution in [0.15, 0.2) is 12.7 Å². The summed E-state index contributed by atoms with van der Waals surface area (Å²) in [6, 6.07) is 0. The van der Waals surface area contributed by atoms with E-state index in [1.807, 2.05) is 0 Å². The highest BCUT2D eigenvalue weighted by Gasteiger charge is 2.30. The number of hydrogen-bond donors (Lipinski definition) is 0. The number of terminal acetylenes is 1. The molecular weight excluding hydrogens is 180 g/mol. The van der Waals surface area contributed by atoms with Gasteiger partial charge in [-0.25, -0.2) is 15.0 Å². The second kappa shape index (κ2) is 3.42. The predicted octanol–water partition coefficient (Wildman–Crippen LogP) is -0.142. The molecule has 1 amide bonds. The molecule has 0 bridgehead atoms. The fourth-order valence-corrected chi connectivity index (χ4v) is 1.39. The molecule has 1 atom stereocenters. The second-order valence-electron chi connectivity index (χ2n) is 3.01. The van der Waals surface area contributed by atoms with Crippen LogP contribution in [0.4, 0.5) is 5.95 Å². The van der Waals surface area contributed by atoms with Gasteiger partial charge in [0.1, 0.15) is 12.7 Å². The first-order valence-corrected chi connectivity index (χ1v) is 4.19. The average Bonchev–Trinajstić information content (AvgIpc) is 2.61. The monoisotopic (exact) mass is 188 g/mol. The van der Waals surface area contributed by atoms with Crippen LogP contribution in [-0.2, 0) is 4.79 Å². The molecule has 0 aromatic carbocycles. The van der Waals surface area contributed by atoms with Crippen LogP contribution < -0.4 is 4.90 Å². The summed E-state index contributed by atoms with van der Waals surface area (Å²) in [5.41, 5.74) is 0. The molecule has 1 unspecified atom stereocenters. The molecule has 2 rings (SSSR count). The molecule has 5 nitrogen and oxygen atoms in total. The van der Waals surface area contributed by atoms with Crippen LogP contribution in [0.5, 0.6) is 0 Å². The van der Waals surface area contributed by atoms with Crippen molar-refractivity contribution in [1.82, 2.24) is 15.0 Å². The number of rotatable bonds is 1. The molecule has 0 N–H and O–H groups in total. The summed E-state index contributed by atoms with van der Waals surface area (Å²) >= 11 is 0. The van der Waals surface area contributed by atoms with Gasteiger partial charge in [0, 0.05) is 18.9 Å². The number of anilines is 1. The molecule has 1 aliphatic heterocycles. The molecule has 1 aromatic rings. The van der Waals surface area contributed by atoms with Crippen molar-refractivity contribution in [1.29, 1.82) is 0 Å². The lowest BCUT2D eigenvalue weighted by molar-refractivity contribution is -0.117. The van der Waals surface area contributed by atoms with Crippen molar-refractivity contribution in [3.8, 4) is 12.3 Å². The van der Waals surface area contributed by atoms with Crippen LogP contribution in [0, 0.1) is 18.3 Å². The van der Waals surface area contributed by atoms with Crippen LogP contribution in [0.3, 0.4) is 0 Å². The molecule has 1 saturated heterocycles. The number of amides is 1. The Morgan fingerprint density at radius 3 is 2.79 bits per heavy atom. The summed E-state index contributed by atoms with van der Waals surface area (Å²) in [6.45, 7) is 0.499. The van der Waals surface area contributed by atoms with Gasteiger partial charge >= 0.3 is 0 Å². The van der Waals surface area contributed by atoms with Crippen molar-refractivity contribution >= 4 is 11.9 Å². The molecule has 1 aromatic heterocycles. The topological polar surface area (TPSA) is 59.0 Å². The Kier molecular flexibility index (Phi) is 2.11. The first kappa shape index (κ1) is 8.63. The van der Waals surface area contributed by atoms with Gasteiger partial charge < -0.3 is 0 Å². The Morgan fingerprint density at radius 2 is 2.21 bits per heavy atom. The third-order valence-corrected chi connectivity index (χ3v) is 2.08. The zero-order valence-corrected chi connectivity index (χ0v) is 7.42. The van der Waals surface area contributed by atoms with Crippen molar-refractivity contribution in [3.63, 3.8) is 0 Å². The SMILES string of the molecule is C#CC1CC(=O)N(c2ncncn2)C1. The van der Waals surface area contributed by atoms with Gasteiger partial charge in [0.05, 0.1) is 0 Å². The standard InChI is InChI=1S/C9H8N4O/c1-2-7-3-8(14)13(4-7)9-11-5-10-6-12-9/h1,5-7H,3-4H2. The molecule has 0 radical (unpaired) electrons. The maximum Gasteiger partial charge on any atom is 0.235 e. The minimum absolute atomic E-state index is 0.0285. The van der Waals surface area contributed by atoms with Crippen LogP contribution in [0.25, 0.3) is 0 Å². The minimum Gasteiger partial charge on any atom is -0.279 e. The first-order chi connectivity index (χ1) is 6.81. The van der Waals surface area contributed by atoms with Crippen LogP contribution in [0.2, 0.25) is 0 Å². The van der Waals surface area contributed by atoms with E-state index in [1.165, 1.54) is 17.6 Å². The van der Waals surface area contributed by atoms with E-state index >= 15 is 0 Å². The van der Waals surface area contributed by atoms with Crippen molar-refractivity contribution in [2.75, 3.05) is 11.4 Å². The Balaban J connectivity index is 2.22. The Bertz CT molecular complexity index is 384. The van der Waals surface area contributed by atoms with E-state index in [9.17, 15) is 4.79 Å². The zero-order valence-electron chi connectivity index (χ0n) is 7.42. The molecule has 1 fully saturated rings. The van der Waals surface area contributed by atoms with Gasteiger partial charge in [0.25, 0.3) is 0 Å². The van der Waals surface area contributed by atoms with E-state index < -0.39 is 0 Å². The fourth-order valence-electron chi connectivity index (χ4n) is 1.39. The molecule has 70 valence electrons. The van der Waals surface area contributed by atoms with E-state index in [4.69, 9.17) is 6.42 Å². The summed E-state index contributed by atoms with van der Waals surface area (Å²) in [4.78, 5) is 24.4. The molecule has 5 heteroatoms. The minimum atomic E-state index is -0.0286. The lowest BCUT2D eigenvalue weighted by atomic mass is 10.1. The van der Waals surface area contributed by atoms with Gasteiger partial charge in [0.15, 0.2) is 0 Å². The number of carbonyl (C=O) groups is 1. The van der Waals surface area contributed by atoms with Gasteiger partial charge in [-0.1, -0.05) is 0 Å². The summed E-state index contributed by atoms with van der Waals surface area (Å²) in [5, 5.41) is 0. The highest BCUT2D eigenvalue weighted by atomic mass is 16.2. The van der Waals surface area contributed by atoms with Gasteiger partial charge in [-0.05, 0) is 0 Å². The molecule has 0 saturated carbocycles. The second-order valence-corrected chi connectivity index (χ2v) is 3.01. The van der Waals surface area contributed by atoms with Crippen molar-refractivity contribution in [2.45, 2.75) is 6.42 Å². The number of aromatic nitrogens is 3. The van der Waals surface area contributed by atoms with Crippen LogP contribution >= 0.6 is 0 Å². The van der Waals surface area contributed by atoms with Crippen molar-refractivity contribution in [2.24, 2.45) is 5.92 Å². The van der Waals surface area contributed by atoms with E-state index in [2.05, 4.69) is 20.9 Å². The Morgan fingerprint density at radius 1 is 1.50 bits per heavy atom. The predicted molar refractivity (Wildman–Crippen MR) is 49.1 cm³/mol. The van der Waals surface area contributed by atoms with E-state index in [0.717, 1.165) is 0 Å². The fraction of sp³-hybridized carbons (Fsp3) is 0.333. The van der Waals surface area contributed by atoms with Gasteiger partial charge in [-0.3, -0.25) is 9.69 Å². The summed E-state index contributed by atoms with van der Waals surface area (Å²) in [6.07, 6.45) is 8.35. The average molecular weight is 188 g/mol. The van der Waals surface area contributed by atoms with Crippen molar-refractivity contribution < 1.29 is 4.79 Å². The summed E-state index contributed by atoms with van der Waals surface area (Å²) in [7, 11) is 0. The largest absolute Gasteiger partial charge is 0.279 e. The molecule has 2 heterocycles. The van der Waals surface area contributed by atoms with Crippen LogP contribution in [0.1, 0.15) is 6.42 Å². The van der Waals surface area contributed by atoms with E-state index in [1.54, 1.807) is 0 Å². The summed E-state index contributed by atoms with van der Waals surface area (Å²) < 4.78 is 0. The Hall–Kier alpha value is -1.96. The quantitative estimate of drug-likeness (QED) is 0.575. The molecular formula is C9H8N4O. The first-order valence-electron chi connectivity index (χ1n) is 4.19. The number of nitrogens with zero attached hydrogens (tertiary/aromatic N) is 4. The van der Waals surface area contributed by atoms with E-state index in [0.29, 0.717) is 18.9 Å². The maximum absolute atomic E-state index is 11.5. The molecule has 1 aliphatic rings. The van der Waals surface area contributed by atoms with Gasteiger partial charge in [-0.2, -0.15) is 0 Å². The molecule has 0 spiro atoms. The maximum atomic E-state index is 11.5. The Labute approximate surface area is 81.2 Å². The smallest absolute Gasteiger partial charge is 0.235 e. The van der Waals surface area contributed by atoms with Crippen LogP contribution in [-0.4, -0.2) is 27.4 Å². The zero-order chi connectivity index (χ0) is 9.97. The molecule has 0 aliphatic carbocycles. The number of carbonyl (C=O) groups excluding carboxylic acids is 1. The van der Waals surface area contributed by atoms with E-state index in [-0.39, 0.29) is 11.8 Å². The lowest BCUT2D eigenvalue weighted by Gasteiger charge is -2.11. The summed E-state index contributed by atoms with van der Waals surface area (Å²) in [5.74, 6) is 2.88. The normalized spacial score (nSPS) is 20.9. The highest BCUT2D eigenvalue weighted by Crippen LogP contribution is 2.20. The molecule has 14 heavy (non-hydrogen) atoms. The third-order valence-electron chi connectivity index (χ3n) is 2.08. The number of hydrogen-bond acceptors (Lipinski definition) is 4.